The molecule has 0 fully saturated rings. The molecule has 0 radical (unpaired) electrons. The summed E-state index contributed by atoms with van der Waals surface area (Å²) in [5, 5.41) is 12.2. The largest absolute Gasteiger partial charge is 0.497 e. The monoisotopic (exact) mass is 423 g/mol. The maximum absolute atomic E-state index is 12.2. The summed E-state index contributed by atoms with van der Waals surface area (Å²) in [6.07, 6.45) is 1.36. The number of methoxy groups -OCH3 is 1. The van der Waals surface area contributed by atoms with Gasteiger partial charge in [0.1, 0.15) is 5.75 Å². The quantitative estimate of drug-likeness (QED) is 0.481. The molecule has 0 atom stereocenters. The summed E-state index contributed by atoms with van der Waals surface area (Å²) in [6, 6.07) is 14.1. The van der Waals surface area contributed by atoms with E-state index in [1.54, 1.807) is 31.4 Å². The first-order valence-electron chi connectivity index (χ1n) is 9.99. The second-order valence-corrected chi connectivity index (χ2v) is 6.71. The van der Waals surface area contributed by atoms with Crippen LogP contribution >= 0.6 is 0 Å². The smallest absolute Gasteiger partial charge is 0.319 e. The first-order valence-corrected chi connectivity index (χ1v) is 9.99. The Bertz CT molecular complexity index is 1020. The Labute approximate surface area is 180 Å². The summed E-state index contributed by atoms with van der Waals surface area (Å²) in [7, 11) is 1.61. The number of nitrogens with zero attached hydrogens (tertiary/aromatic N) is 2. The van der Waals surface area contributed by atoms with Gasteiger partial charge in [0.2, 0.25) is 17.6 Å². The first-order chi connectivity index (χ1) is 15.1. The van der Waals surface area contributed by atoms with Gasteiger partial charge in [-0.2, -0.15) is 4.98 Å². The highest BCUT2D eigenvalue weighted by Gasteiger charge is 2.10. The number of anilines is 2. The van der Waals surface area contributed by atoms with Crippen molar-refractivity contribution in [2.45, 2.75) is 26.2 Å². The second-order valence-electron chi connectivity index (χ2n) is 6.71. The Balaban J connectivity index is 1.46. The molecule has 9 nitrogen and oxygen atoms in total. The van der Waals surface area contributed by atoms with Crippen molar-refractivity contribution in [2.75, 3.05) is 24.3 Å². The van der Waals surface area contributed by atoms with E-state index in [0.29, 0.717) is 48.9 Å². The Morgan fingerprint density at radius 2 is 1.81 bits per heavy atom. The van der Waals surface area contributed by atoms with Gasteiger partial charge in [-0.15, -0.1) is 0 Å². The highest BCUT2D eigenvalue weighted by Crippen LogP contribution is 2.20. The molecule has 1 aromatic heterocycles. The number of urea groups is 1. The molecule has 3 aromatic rings. The van der Waals surface area contributed by atoms with E-state index < -0.39 is 0 Å². The Kier molecular flexibility index (Phi) is 7.58. The minimum Gasteiger partial charge on any atom is -0.497 e. The number of hydrogen-bond acceptors (Lipinski definition) is 6. The zero-order valence-electron chi connectivity index (χ0n) is 17.5. The molecule has 3 rings (SSSR count). The molecule has 0 unspecified atom stereocenters. The summed E-state index contributed by atoms with van der Waals surface area (Å²) >= 11 is 0. The van der Waals surface area contributed by atoms with Crippen molar-refractivity contribution in [3.05, 3.63) is 54.4 Å². The Hall–Kier alpha value is -3.88. The lowest BCUT2D eigenvalue weighted by atomic mass is 10.2. The standard InChI is InChI=1S/C22H25N5O4/c1-3-23-22(29)25-17-7-4-6-16(14-17)24-19(28)8-5-9-20-26-21(27-31-20)15-10-12-18(30-2)13-11-15/h4,6-7,10-14H,3,5,8-9H2,1-2H3,(H,24,28)(H2,23,25,29). The van der Waals surface area contributed by atoms with E-state index in [4.69, 9.17) is 9.26 Å². The molecule has 9 heteroatoms. The predicted octanol–water partition coefficient (Wildman–Crippen LogP) is 3.85. The number of ether oxygens (including phenoxy) is 1. The van der Waals surface area contributed by atoms with E-state index in [1.165, 1.54) is 0 Å². The number of carbonyl (C=O) groups excluding carboxylic acids is 2. The molecule has 2 aromatic carbocycles. The van der Waals surface area contributed by atoms with Gasteiger partial charge in [-0.05, 0) is 55.8 Å². The van der Waals surface area contributed by atoms with E-state index in [2.05, 4.69) is 26.1 Å². The number of nitrogens with one attached hydrogen (secondary N) is 3. The summed E-state index contributed by atoms with van der Waals surface area (Å²) in [5.74, 6) is 1.60. The van der Waals surface area contributed by atoms with E-state index in [1.807, 2.05) is 31.2 Å². The van der Waals surface area contributed by atoms with Crippen LogP contribution in [0.15, 0.2) is 53.1 Å². The minimum atomic E-state index is -0.292. The van der Waals surface area contributed by atoms with Crippen LogP contribution in [0, 0.1) is 0 Å². The number of aromatic nitrogens is 2. The fourth-order valence-corrected chi connectivity index (χ4v) is 2.85. The van der Waals surface area contributed by atoms with Crippen molar-refractivity contribution < 1.29 is 18.8 Å². The van der Waals surface area contributed by atoms with Gasteiger partial charge < -0.3 is 25.2 Å². The maximum atomic E-state index is 12.2. The fourth-order valence-electron chi connectivity index (χ4n) is 2.85. The van der Waals surface area contributed by atoms with Crippen LogP contribution in [0.2, 0.25) is 0 Å². The average Bonchev–Trinajstić information content (AvgIpc) is 3.23. The van der Waals surface area contributed by atoms with Gasteiger partial charge in [-0.3, -0.25) is 4.79 Å². The van der Waals surface area contributed by atoms with Gasteiger partial charge in [0.25, 0.3) is 0 Å². The number of benzene rings is 2. The highest BCUT2D eigenvalue weighted by atomic mass is 16.5. The van der Waals surface area contributed by atoms with Crippen LogP contribution in [0.1, 0.15) is 25.7 Å². The molecule has 0 aliphatic heterocycles. The molecule has 3 N–H and O–H groups in total. The minimum absolute atomic E-state index is 0.134. The van der Waals surface area contributed by atoms with Gasteiger partial charge >= 0.3 is 6.03 Å². The van der Waals surface area contributed by atoms with E-state index in [9.17, 15) is 9.59 Å². The Morgan fingerprint density at radius 1 is 1.06 bits per heavy atom. The number of amides is 3. The van der Waals surface area contributed by atoms with Crippen molar-refractivity contribution in [2.24, 2.45) is 0 Å². The molecule has 0 aliphatic rings. The lowest BCUT2D eigenvalue weighted by Gasteiger charge is -2.09. The second kappa shape index (κ2) is 10.8. The zero-order valence-corrected chi connectivity index (χ0v) is 17.5. The molecule has 31 heavy (non-hydrogen) atoms. The van der Waals surface area contributed by atoms with Crippen LogP contribution in [-0.4, -0.2) is 35.7 Å². The van der Waals surface area contributed by atoms with Crippen LogP contribution in [0.5, 0.6) is 5.75 Å². The normalized spacial score (nSPS) is 10.4. The summed E-state index contributed by atoms with van der Waals surface area (Å²) in [5.41, 5.74) is 2.04. The topological polar surface area (TPSA) is 118 Å². The SMILES string of the molecule is CCNC(=O)Nc1cccc(NC(=O)CCCc2nc(-c3ccc(OC)cc3)no2)c1. The first kappa shape index (κ1) is 21.8. The van der Waals surface area contributed by atoms with Gasteiger partial charge in [-0.25, -0.2) is 4.79 Å². The molecule has 3 amide bonds. The number of aryl methyl sites for hydroxylation is 1. The lowest BCUT2D eigenvalue weighted by molar-refractivity contribution is -0.116. The fraction of sp³-hybridized carbons (Fsp3) is 0.273. The molecule has 0 bridgehead atoms. The molecule has 162 valence electrons. The molecular weight excluding hydrogens is 398 g/mol. The highest BCUT2D eigenvalue weighted by molar-refractivity contribution is 5.93. The number of carbonyl (C=O) groups is 2. The van der Waals surface area contributed by atoms with Crippen molar-refractivity contribution >= 4 is 23.3 Å². The lowest BCUT2D eigenvalue weighted by Crippen LogP contribution is -2.28. The molecular formula is C22H25N5O4. The summed E-state index contributed by atoms with van der Waals surface area (Å²) in [6.45, 7) is 2.37. The van der Waals surface area contributed by atoms with Crippen molar-refractivity contribution in [1.82, 2.24) is 15.5 Å². The molecule has 0 saturated heterocycles. The van der Waals surface area contributed by atoms with Crippen molar-refractivity contribution in [1.29, 1.82) is 0 Å². The summed E-state index contributed by atoms with van der Waals surface area (Å²) in [4.78, 5) is 28.2. The third-order valence-electron chi connectivity index (χ3n) is 4.35. The van der Waals surface area contributed by atoms with E-state index >= 15 is 0 Å². The molecule has 1 heterocycles. The zero-order chi connectivity index (χ0) is 22.1. The number of rotatable bonds is 9. The van der Waals surface area contributed by atoms with Crippen LogP contribution in [0.4, 0.5) is 16.2 Å². The van der Waals surface area contributed by atoms with Gasteiger partial charge in [0.05, 0.1) is 7.11 Å². The number of hydrogen-bond donors (Lipinski definition) is 3. The van der Waals surface area contributed by atoms with Gasteiger partial charge in [-0.1, -0.05) is 11.2 Å². The third-order valence-corrected chi connectivity index (χ3v) is 4.35. The predicted molar refractivity (Wildman–Crippen MR) is 117 cm³/mol. The van der Waals surface area contributed by atoms with Crippen LogP contribution in [-0.2, 0) is 11.2 Å². The van der Waals surface area contributed by atoms with Crippen LogP contribution in [0.3, 0.4) is 0 Å². The maximum Gasteiger partial charge on any atom is 0.319 e. The molecule has 0 spiro atoms. The third kappa shape index (κ3) is 6.56. The van der Waals surface area contributed by atoms with E-state index in [-0.39, 0.29) is 11.9 Å². The Morgan fingerprint density at radius 3 is 2.52 bits per heavy atom. The average molecular weight is 423 g/mol. The van der Waals surface area contributed by atoms with Crippen molar-refractivity contribution in [3.8, 4) is 17.1 Å². The van der Waals surface area contributed by atoms with Gasteiger partial charge in [0.15, 0.2) is 0 Å². The molecule has 0 saturated carbocycles. The van der Waals surface area contributed by atoms with E-state index in [0.717, 1.165) is 11.3 Å². The van der Waals surface area contributed by atoms with Gasteiger partial charge in [0, 0.05) is 36.3 Å². The molecule has 0 aliphatic carbocycles. The van der Waals surface area contributed by atoms with Crippen LogP contribution < -0.4 is 20.7 Å². The van der Waals surface area contributed by atoms with Crippen LogP contribution in [0.25, 0.3) is 11.4 Å². The summed E-state index contributed by atoms with van der Waals surface area (Å²) < 4.78 is 10.4. The van der Waals surface area contributed by atoms with Crippen molar-refractivity contribution in [3.63, 3.8) is 0 Å².